The predicted octanol–water partition coefficient (Wildman–Crippen LogP) is -0.901. The van der Waals surface area contributed by atoms with Crippen molar-refractivity contribution in [2.24, 2.45) is 0 Å². The van der Waals surface area contributed by atoms with E-state index in [9.17, 15) is 0 Å². The molecule has 0 amide bonds. The first-order chi connectivity index (χ1) is 4.12. The van der Waals surface area contributed by atoms with E-state index in [0.717, 1.165) is 0 Å². The summed E-state index contributed by atoms with van der Waals surface area (Å²) in [5, 5.41) is 25.6. The van der Waals surface area contributed by atoms with E-state index in [0.29, 0.717) is 0 Å². The molecule has 0 aromatic carbocycles. The molecular weight excluding hydrogens is 122 g/mol. The lowest BCUT2D eigenvalue weighted by atomic mass is 10.0. The number of nitrogens with one attached hydrogen (secondary N) is 1. The van der Waals surface area contributed by atoms with E-state index in [1.54, 1.807) is 0 Å². The molecule has 0 fully saturated rings. The molecule has 0 saturated heterocycles. The number of aliphatic hydroxyl groups is 2. The zero-order valence-corrected chi connectivity index (χ0v) is 5.46. The third-order valence-corrected chi connectivity index (χ3v) is 1.11. The molecule has 0 radical (unpaired) electrons. The highest BCUT2D eigenvalue weighted by atomic mass is 16.5. The quantitative estimate of drug-likeness (QED) is 0.377. The fourth-order valence-electron chi connectivity index (χ4n) is 0.500. The van der Waals surface area contributed by atoms with Crippen LogP contribution in [0.2, 0.25) is 0 Å². The first-order valence-electron chi connectivity index (χ1n) is 2.82. The van der Waals surface area contributed by atoms with Crippen LogP contribution >= 0.6 is 0 Å². The number of hydrogen-bond donors (Lipinski definition) is 4. The number of hydroxylamine groups is 1. The summed E-state index contributed by atoms with van der Waals surface area (Å²) in [6.07, 6.45) is 0.264. The van der Waals surface area contributed by atoms with Crippen LogP contribution in [0.15, 0.2) is 0 Å². The van der Waals surface area contributed by atoms with Gasteiger partial charge in [-0.25, -0.2) is 5.48 Å². The molecule has 1 unspecified atom stereocenters. The minimum Gasteiger partial charge on any atom is -0.396 e. The van der Waals surface area contributed by atoms with Crippen molar-refractivity contribution in [1.82, 2.24) is 5.48 Å². The minimum atomic E-state index is -1.01. The van der Waals surface area contributed by atoms with Crippen molar-refractivity contribution in [3.8, 4) is 0 Å². The third kappa shape index (κ3) is 4.35. The van der Waals surface area contributed by atoms with Gasteiger partial charge in [-0.1, -0.05) is 0 Å². The van der Waals surface area contributed by atoms with Gasteiger partial charge in [-0.15, -0.1) is 0 Å². The first-order valence-corrected chi connectivity index (χ1v) is 2.82. The summed E-state index contributed by atoms with van der Waals surface area (Å²) in [4.78, 5) is 0. The molecule has 0 spiro atoms. The van der Waals surface area contributed by atoms with Gasteiger partial charge in [0.25, 0.3) is 0 Å². The normalized spacial score (nSPS) is 17.3. The number of hydrogen-bond acceptors (Lipinski definition) is 4. The molecule has 4 N–H and O–H groups in total. The van der Waals surface area contributed by atoms with E-state index in [4.69, 9.17) is 15.4 Å². The molecule has 4 heteroatoms. The second-order valence-electron chi connectivity index (χ2n) is 2.31. The van der Waals surface area contributed by atoms with Gasteiger partial charge >= 0.3 is 0 Å². The second kappa shape index (κ2) is 3.79. The van der Waals surface area contributed by atoms with Crippen molar-refractivity contribution < 1.29 is 15.4 Å². The van der Waals surface area contributed by atoms with Crippen molar-refractivity contribution in [2.75, 3.05) is 13.2 Å². The van der Waals surface area contributed by atoms with Crippen LogP contribution in [0, 0.1) is 0 Å². The summed E-state index contributed by atoms with van der Waals surface area (Å²) >= 11 is 0. The molecule has 0 heterocycles. The Kier molecular flexibility index (Phi) is 3.72. The summed E-state index contributed by atoms with van der Waals surface area (Å²) in [5.41, 5.74) is 0.821. The topological polar surface area (TPSA) is 72.7 Å². The molecular formula is C5H13NO3. The Balaban J connectivity index is 3.43. The van der Waals surface area contributed by atoms with Crippen LogP contribution in [-0.2, 0) is 0 Å². The molecule has 0 saturated carbocycles. The van der Waals surface area contributed by atoms with Crippen LogP contribution in [0.1, 0.15) is 13.3 Å². The van der Waals surface area contributed by atoms with Gasteiger partial charge in [0.05, 0.1) is 5.60 Å². The van der Waals surface area contributed by atoms with Gasteiger partial charge < -0.3 is 15.4 Å². The van der Waals surface area contributed by atoms with Crippen molar-refractivity contribution in [2.45, 2.75) is 18.9 Å². The van der Waals surface area contributed by atoms with Gasteiger partial charge in [-0.05, 0) is 6.92 Å². The van der Waals surface area contributed by atoms with Crippen molar-refractivity contribution in [3.63, 3.8) is 0 Å². The van der Waals surface area contributed by atoms with Crippen LogP contribution in [0.3, 0.4) is 0 Å². The average molecular weight is 135 g/mol. The van der Waals surface area contributed by atoms with Crippen molar-refractivity contribution >= 4 is 0 Å². The zero-order chi connectivity index (χ0) is 7.33. The summed E-state index contributed by atoms with van der Waals surface area (Å²) in [5.74, 6) is 0. The zero-order valence-electron chi connectivity index (χ0n) is 5.46. The van der Waals surface area contributed by atoms with Gasteiger partial charge in [0.1, 0.15) is 0 Å². The average Bonchev–Trinajstić information content (AvgIpc) is 1.64. The molecule has 0 aliphatic heterocycles. The van der Waals surface area contributed by atoms with Crippen LogP contribution in [0.5, 0.6) is 0 Å². The van der Waals surface area contributed by atoms with E-state index < -0.39 is 5.60 Å². The molecule has 4 nitrogen and oxygen atoms in total. The second-order valence-corrected chi connectivity index (χ2v) is 2.31. The van der Waals surface area contributed by atoms with Gasteiger partial charge in [-0.3, -0.25) is 0 Å². The minimum absolute atomic E-state index is 0.0747. The SMILES string of the molecule is CC(O)(CCO)CNO. The summed E-state index contributed by atoms with van der Waals surface area (Å²) in [7, 11) is 0. The summed E-state index contributed by atoms with van der Waals surface area (Å²) < 4.78 is 0. The molecule has 1 atom stereocenters. The highest BCUT2D eigenvalue weighted by molar-refractivity contribution is 4.72. The van der Waals surface area contributed by atoms with E-state index in [1.165, 1.54) is 6.92 Å². The third-order valence-electron chi connectivity index (χ3n) is 1.11. The fraction of sp³-hybridized carbons (Fsp3) is 1.00. The first kappa shape index (κ1) is 8.84. The van der Waals surface area contributed by atoms with Crippen molar-refractivity contribution in [3.05, 3.63) is 0 Å². The monoisotopic (exact) mass is 135 g/mol. The Morgan fingerprint density at radius 2 is 2.11 bits per heavy atom. The Labute approximate surface area is 54.1 Å². The molecule has 0 rings (SSSR count). The van der Waals surface area contributed by atoms with E-state index in [-0.39, 0.29) is 19.6 Å². The van der Waals surface area contributed by atoms with Crippen molar-refractivity contribution in [1.29, 1.82) is 0 Å². The molecule has 0 aromatic heterocycles. The molecule has 0 aliphatic carbocycles. The number of aliphatic hydroxyl groups excluding tert-OH is 1. The Morgan fingerprint density at radius 3 is 2.44 bits per heavy atom. The van der Waals surface area contributed by atoms with E-state index in [1.807, 2.05) is 5.48 Å². The van der Waals surface area contributed by atoms with E-state index in [2.05, 4.69) is 0 Å². The predicted molar refractivity (Wildman–Crippen MR) is 32.1 cm³/mol. The maximum Gasteiger partial charge on any atom is 0.0788 e. The highest BCUT2D eigenvalue weighted by Gasteiger charge is 2.17. The Morgan fingerprint density at radius 1 is 1.56 bits per heavy atom. The molecule has 0 bridgehead atoms. The van der Waals surface area contributed by atoms with Gasteiger partial charge in [-0.2, -0.15) is 0 Å². The maximum absolute atomic E-state index is 9.13. The van der Waals surface area contributed by atoms with Crippen LogP contribution in [-0.4, -0.2) is 34.2 Å². The summed E-state index contributed by atoms with van der Waals surface area (Å²) in [6, 6.07) is 0. The largest absolute Gasteiger partial charge is 0.396 e. The molecule has 0 aromatic rings. The van der Waals surface area contributed by atoms with Gasteiger partial charge in [0.15, 0.2) is 0 Å². The number of rotatable bonds is 4. The van der Waals surface area contributed by atoms with Crippen LogP contribution in [0.4, 0.5) is 0 Å². The Hall–Kier alpha value is -0.160. The summed E-state index contributed by atoms with van der Waals surface area (Å²) in [6.45, 7) is 1.54. The lowest BCUT2D eigenvalue weighted by molar-refractivity contribution is 0.0000808. The van der Waals surface area contributed by atoms with Crippen LogP contribution in [0.25, 0.3) is 0 Å². The lowest BCUT2D eigenvalue weighted by Crippen LogP contribution is -2.37. The van der Waals surface area contributed by atoms with Crippen LogP contribution < -0.4 is 5.48 Å². The van der Waals surface area contributed by atoms with E-state index >= 15 is 0 Å². The van der Waals surface area contributed by atoms with Gasteiger partial charge in [0, 0.05) is 19.6 Å². The lowest BCUT2D eigenvalue weighted by Gasteiger charge is -2.20. The standard InChI is InChI=1S/C5H13NO3/c1-5(8,2-3-7)4-6-9/h6-9H,2-4H2,1H3. The molecule has 0 aliphatic rings. The van der Waals surface area contributed by atoms with Gasteiger partial charge in [0.2, 0.25) is 0 Å². The Bertz CT molecular complexity index is 66.6. The molecule has 56 valence electrons. The fourth-order valence-corrected chi connectivity index (χ4v) is 0.500. The smallest absolute Gasteiger partial charge is 0.0788 e. The highest BCUT2D eigenvalue weighted by Crippen LogP contribution is 2.05. The molecule has 9 heavy (non-hydrogen) atoms. The maximum atomic E-state index is 9.13.